The summed E-state index contributed by atoms with van der Waals surface area (Å²) in [6.45, 7) is 4.57. The first-order chi connectivity index (χ1) is 16.2. The Labute approximate surface area is 189 Å². The van der Waals surface area contributed by atoms with Gasteiger partial charge < -0.3 is 19.9 Å². The molecule has 0 aliphatic carbocycles. The zero-order valence-electron chi connectivity index (χ0n) is 18.0. The van der Waals surface area contributed by atoms with Gasteiger partial charge in [0.25, 0.3) is 0 Å². The number of hydrazone groups is 1. The van der Waals surface area contributed by atoms with Gasteiger partial charge in [-0.05, 0) is 37.3 Å². The highest BCUT2D eigenvalue weighted by atomic mass is 19.1. The van der Waals surface area contributed by atoms with Crippen LogP contribution in [0.1, 0.15) is 11.3 Å². The number of rotatable bonds is 6. The summed E-state index contributed by atoms with van der Waals surface area (Å²) in [6, 6.07) is 14.1. The van der Waals surface area contributed by atoms with E-state index in [1.54, 1.807) is 18.3 Å². The minimum Gasteiger partial charge on any atom is -0.378 e. The number of fused-ring (bicyclic) bond motifs is 1. The molecule has 1 saturated heterocycles. The van der Waals surface area contributed by atoms with Crippen molar-refractivity contribution in [1.29, 1.82) is 0 Å². The minimum atomic E-state index is -0.311. The number of hydrogen-bond acceptors (Lipinski definition) is 8. The molecule has 0 radical (unpaired) electrons. The molecular weight excluding hydrogens is 423 g/mol. The van der Waals surface area contributed by atoms with E-state index in [0.717, 1.165) is 22.2 Å². The van der Waals surface area contributed by atoms with Crippen molar-refractivity contribution in [2.24, 2.45) is 5.10 Å². The first-order valence-electron chi connectivity index (χ1n) is 10.6. The Kier molecular flexibility index (Phi) is 5.81. The number of ether oxygens (including phenoxy) is 1. The molecule has 0 spiro atoms. The van der Waals surface area contributed by atoms with Crippen molar-refractivity contribution < 1.29 is 9.13 Å². The molecule has 1 fully saturated rings. The number of aromatic nitrogens is 4. The number of benzene rings is 2. The maximum atomic E-state index is 13.3. The molecule has 0 atom stereocenters. The lowest BCUT2D eigenvalue weighted by Gasteiger charge is -2.27. The van der Waals surface area contributed by atoms with E-state index in [9.17, 15) is 4.39 Å². The van der Waals surface area contributed by atoms with E-state index in [2.05, 4.69) is 35.8 Å². The molecule has 2 aromatic heterocycles. The molecule has 3 heterocycles. The van der Waals surface area contributed by atoms with Crippen LogP contribution < -0.4 is 15.6 Å². The Morgan fingerprint density at radius 3 is 2.61 bits per heavy atom. The van der Waals surface area contributed by atoms with Gasteiger partial charge in [-0.15, -0.1) is 0 Å². The monoisotopic (exact) mass is 446 g/mol. The van der Waals surface area contributed by atoms with Crippen LogP contribution in [0.25, 0.3) is 10.9 Å². The summed E-state index contributed by atoms with van der Waals surface area (Å²) in [5, 5.41) is 8.56. The van der Waals surface area contributed by atoms with Crippen molar-refractivity contribution in [2.45, 2.75) is 6.92 Å². The zero-order valence-corrected chi connectivity index (χ0v) is 18.0. The SMILES string of the molecule is Cc1[nH]c2ccccc2c1/C=N\Nc1nc(Nc2ccc(F)cc2)nc(N2CCOCC2)n1. The molecule has 0 bridgehead atoms. The largest absolute Gasteiger partial charge is 0.378 e. The molecule has 9 nitrogen and oxygen atoms in total. The van der Waals surface area contributed by atoms with Crippen LogP contribution in [0.4, 0.5) is 27.9 Å². The number of halogens is 1. The lowest BCUT2D eigenvalue weighted by molar-refractivity contribution is 0.122. The van der Waals surface area contributed by atoms with Gasteiger partial charge >= 0.3 is 0 Å². The van der Waals surface area contributed by atoms with Crippen molar-refractivity contribution in [2.75, 3.05) is 41.9 Å². The number of hydrogen-bond donors (Lipinski definition) is 3. The van der Waals surface area contributed by atoms with Crippen LogP contribution in [0, 0.1) is 12.7 Å². The number of aromatic amines is 1. The van der Waals surface area contributed by atoms with Crippen molar-refractivity contribution in [3.05, 3.63) is 65.6 Å². The Morgan fingerprint density at radius 2 is 1.79 bits per heavy atom. The van der Waals surface area contributed by atoms with Crippen LogP contribution in [0.15, 0.2) is 53.6 Å². The lowest BCUT2D eigenvalue weighted by Crippen LogP contribution is -2.37. The van der Waals surface area contributed by atoms with Crippen molar-refractivity contribution in [3.8, 4) is 0 Å². The Hall–Kier alpha value is -4.05. The Morgan fingerprint density at radius 1 is 1.03 bits per heavy atom. The topological polar surface area (TPSA) is 103 Å². The fourth-order valence-electron chi connectivity index (χ4n) is 3.66. The number of nitrogens with one attached hydrogen (secondary N) is 3. The predicted octanol–water partition coefficient (Wildman–Crippen LogP) is 3.83. The molecule has 1 aliphatic heterocycles. The maximum Gasteiger partial charge on any atom is 0.250 e. The number of H-pyrrole nitrogens is 1. The molecule has 0 saturated carbocycles. The second-order valence-corrected chi connectivity index (χ2v) is 7.59. The summed E-state index contributed by atoms with van der Waals surface area (Å²) < 4.78 is 18.7. The summed E-state index contributed by atoms with van der Waals surface area (Å²) in [7, 11) is 0. The van der Waals surface area contributed by atoms with Crippen molar-refractivity contribution in [3.63, 3.8) is 0 Å². The van der Waals surface area contributed by atoms with Crippen molar-refractivity contribution >= 4 is 40.6 Å². The molecule has 33 heavy (non-hydrogen) atoms. The lowest BCUT2D eigenvalue weighted by atomic mass is 10.1. The van der Waals surface area contributed by atoms with E-state index >= 15 is 0 Å². The third-order valence-corrected chi connectivity index (χ3v) is 5.32. The molecule has 4 aromatic rings. The molecule has 5 rings (SSSR count). The highest BCUT2D eigenvalue weighted by Crippen LogP contribution is 2.21. The van der Waals surface area contributed by atoms with Gasteiger partial charge in [0.15, 0.2) is 0 Å². The number of anilines is 4. The normalized spacial score (nSPS) is 14.2. The number of nitrogens with zero attached hydrogens (tertiary/aromatic N) is 5. The third-order valence-electron chi connectivity index (χ3n) is 5.32. The standard InChI is InChI=1S/C23H23FN8O/c1-15-19(18-4-2-3-5-20(18)26-15)14-25-31-22-28-21(27-17-8-6-16(24)7-9-17)29-23(30-22)32-10-12-33-13-11-32/h2-9,14,26H,10-13H2,1H3,(H2,27,28,29,30,31)/b25-14-. The van der Waals surface area contributed by atoms with Crippen LogP contribution in [0.2, 0.25) is 0 Å². The second-order valence-electron chi connectivity index (χ2n) is 7.59. The first-order valence-corrected chi connectivity index (χ1v) is 10.6. The summed E-state index contributed by atoms with van der Waals surface area (Å²) >= 11 is 0. The first kappa shape index (κ1) is 20.8. The maximum absolute atomic E-state index is 13.3. The quantitative estimate of drug-likeness (QED) is 0.306. The molecule has 0 unspecified atom stereocenters. The van der Waals surface area contributed by atoms with Gasteiger partial charge in [-0.3, -0.25) is 0 Å². The molecule has 3 N–H and O–H groups in total. The van der Waals surface area contributed by atoms with Gasteiger partial charge in [0.2, 0.25) is 17.8 Å². The van der Waals surface area contributed by atoms with Crippen molar-refractivity contribution in [1.82, 2.24) is 19.9 Å². The second kappa shape index (κ2) is 9.21. The number of morpholine rings is 1. The molecular formula is C23H23FN8O. The zero-order chi connectivity index (χ0) is 22.6. The molecule has 168 valence electrons. The number of para-hydroxylation sites is 1. The van der Waals surface area contributed by atoms with Gasteiger partial charge in [-0.1, -0.05) is 18.2 Å². The fraction of sp³-hybridized carbons (Fsp3) is 0.217. The van der Waals surface area contributed by atoms with Crippen LogP contribution in [0.3, 0.4) is 0 Å². The summed E-state index contributed by atoms with van der Waals surface area (Å²) in [5.74, 6) is 0.831. The highest BCUT2D eigenvalue weighted by molar-refractivity contribution is 6.00. The van der Waals surface area contributed by atoms with E-state index in [-0.39, 0.29) is 5.82 Å². The molecule has 2 aromatic carbocycles. The van der Waals surface area contributed by atoms with Gasteiger partial charge in [-0.25, -0.2) is 9.82 Å². The Balaban J connectivity index is 1.41. The van der Waals surface area contributed by atoms with E-state index in [0.29, 0.717) is 49.8 Å². The summed E-state index contributed by atoms with van der Waals surface area (Å²) in [4.78, 5) is 18.9. The van der Waals surface area contributed by atoms with Crippen LogP contribution in [-0.4, -0.2) is 52.5 Å². The van der Waals surface area contributed by atoms with Crippen LogP contribution in [0.5, 0.6) is 0 Å². The molecule has 10 heteroatoms. The average Bonchev–Trinajstić information content (AvgIpc) is 3.16. The van der Waals surface area contributed by atoms with E-state index in [1.165, 1.54) is 12.1 Å². The Bertz CT molecular complexity index is 1280. The van der Waals surface area contributed by atoms with Crippen LogP contribution in [-0.2, 0) is 4.74 Å². The van der Waals surface area contributed by atoms with E-state index in [1.807, 2.05) is 36.1 Å². The number of aryl methyl sites for hydroxylation is 1. The minimum absolute atomic E-state index is 0.296. The summed E-state index contributed by atoms with van der Waals surface area (Å²) in [5.41, 5.74) is 6.65. The summed E-state index contributed by atoms with van der Waals surface area (Å²) in [6.07, 6.45) is 1.75. The fourth-order valence-corrected chi connectivity index (χ4v) is 3.66. The van der Waals surface area contributed by atoms with Crippen LogP contribution >= 0.6 is 0 Å². The van der Waals surface area contributed by atoms with Gasteiger partial charge in [0, 0.05) is 40.9 Å². The van der Waals surface area contributed by atoms with Gasteiger partial charge in [0.05, 0.1) is 19.4 Å². The smallest absolute Gasteiger partial charge is 0.250 e. The molecule has 1 aliphatic rings. The van der Waals surface area contributed by atoms with E-state index in [4.69, 9.17) is 4.74 Å². The average molecular weight is 446 g/mol. The van der Waals surface area contributed by atoms with Gasteiger partial charge in [0.1, 0.15) is 5.82 Å². The third kappa shape index (κ3) is 4.75. The predicted molar refractivity (Wildman–Crippen MR) is 127 cm³/mol. The highest BCUT2D eigenvalue weighted by Gasteiger charge is 2.17. The molecule has 0 amide bonds. The van der Waals surface area contributed by atoms with E-state index < -0.39 is 0 Å². The van der Waals surface area contributed by atoms with Gasteiger partial charge in [-0.2, -0.15) is 20.1 Å².